The molecule has 6 heteroatoms. The summed E-state index contributed by atoms with van der Waals surface area (Å²) < 4.78 is 11.2. The van der Waals surface area contributed by atoms with Crippen molar-refractivity contribution in [3.8, 4) is 0 Å². The smallest absolute Gasteiger partial charge is 0.191 e. The van der Waals surface area contributed by atoms with Crippen LogP contribution < -0.4 is 10.6 Å². The minimum atomic E-state index is 0.437. The number of nitrogens with one attached hydrogen (secondary N) is 2. The van der Waals surface area contributed by atoms with Crippen molar-refractivity contribution in [1.29, 1.82) is 0 Å². The van der Waals surface area contributed by atoms with Crippen LogP contribution >= 0.6 is 0 Å². The molecule has 0 bridgehead atoms. The SMILES string of the molecule is CN=C(NCCOCc1ccccc1)NCC(C)N1CCOCC1C. The van der Waals surface area contributed by atoms with Gasteiger partial charge in [0.15, 0.2) is 5.96 Å². The molecule has 1 aliphatic rings. The lowest BCUT2D eigenvalue weighted by atomic mass is 10.2. The summed E-state index contributed by atoms with van der Waals surface area (Å²) in [6, 6.07) is 11.1. The van der Waals surface area contributed by atoms with Crippen LogP contribution in [0.25, 0.3) is 0 Å². The van der Waals surface area contributed by atoms with E-state index in [1.807, 2.05) is 18.2 Å². The Labute approximate surface area is 151 Å². The molecule has 1 aliphatic heterocycles. The van der Waals surface area contributed by atoms with Gasteiger partial charge in [-0.15, -0.1) is 0 Å². The molecule has 2 N–H and O–H groups in total. The average molecular weight is 348 g/mol. The van der Waals surface area contributed by atoms with Crippen molar-refractivity contribution < 1.29 is 9.47 Å². The van der Waals surface area contributed by atoms with Crippen molar-refractivity contribution in [1.82, 2.24) is 15.5 Å². The monoisotopic (exact) mass is 348 g/mol. The van der Waals surface area contributed by atoms with Crippen molar-refractivity contribution in [2.75, 3.05) is 46.5 Å². The lowest BCUT2D eigenvalue weighted by molar-refractivity contribution is -0.0174. The van der Waals surface area contributed by atoms with Gasteiger partial charge in [0.1, 0.15) is 0 Å². The van der Waals surface area contributed by atoms with E-state index in [9.17, 15) is 0 Å². The minimum absolute atomic E-state index is 0.437. The third-order valence-electron chi connectivity index (χ3n) is 4.42. The molecule has 1 aromatic rings. The van der Waals surface area contributed by atoms with Gasteiger partial charge in [-0.2, -0.15) is 0 Å². The first kappa shape index (κ1) is 19.7. The predicted octanol–water partition coefficient (Wildman–Crippen LogP) is 1.48. The summed E-state index contributed by atoms with van der Waals surface area (Å²) >= 11 is 0. The molecule has 6 nitrogen and oxygen atoms in total. The molecule has 0 spiro atoms. The Bertz CT molecular complexity index is 509. The molecule has 2 rings (SSSR count). The van der Waals surface area contributed by atoms with Crippen LogP contribution in [0.3, 0.4) is 0 Å². The molecule has 140 valence electrons. The van der Waals surface area contributed by atoms with Crippen molar-refractivity contribution in [2.45, 2.75) is 32.5 Å². The highest BCUT2D eigenvalue weighted by Crippen LogP contribution is 2.09. The number of hydrogen-bond acceptors (Lipinski definition) is 4. The number of rotatable bonds is 8. The van der Waals surface area contributed by atoms with Crippen LogP contribution in [0.1, 0.15) is 19.4 Å². The summed E-state index contributed by atoms with van der Waals surface area (Å²) in [6.07, 6.45) is 0. The van der Waals surface area contributed by atoms with E-state index in [2.05, 4.69) is 46.5 Å². The first-order chi connectivity index (χ1) is 12.2. The Morgan fingerprint density at radius 2 is 2.16 bits per heavy atom. The summed E-state index contributed by atoms with van der Waals surface area (Å²) in [4.78, 5) is 6.75. The largest absolute Gasteiger partial charge is 0.379 e. The van der Waals surface area contributed by atoms with Crippen molar-refractivity contribution in [3.05, 3.63) is 35.9 Å². The standard InChI is InChI=1S/C19H32N4O2/c1-16(23-10-12-25-14-17(23)2)13-22-19(20-3)21-9-11-24-15-18-7-5-4-6-8-18/h4-8,16-17H,9-15H2,1-3H3,(H2,20,21,22). The summed E-state index contributed by atoms with van der Waals surface area (Å²) in [6.45, 7) is 9.95. The van der Waals surface area contributed by atoms with Gasteiger partial charge in [-0.05, 0) is 19.4 Å². The first-order valence-corrected chi connectivity index (χ1v) is 9.10. The maximum atomic E-state index is 5.68. The molecular weight excluding hydrogens is 316 g/mol. The van der Waals surface area contributed by atoms with Crippen LogP contribution in [-0.2, 0) is 16.1 Å². The van der Waals surface area contributed by atoms with Gasteiger partial charge < -0.3 is 20.1 Å². The van der Waals surface area contributed by atoms with Gasteiger partial charge in [-0.3, -0.25) is 9.89 Å². The normalized spacial score (nSPS) is 20.3. The molecule has 1 saturated heterocycles. The number of guanidine groups is 1. The second kappa shape index (κ2) is 11.1. The number of morpholine rings is 1. The van der Waals surface area contributed by atoms with Gasteiger partial charge in [-0.25, -0.2) is 0 Å². The summed E-state index contributed by atoms with van der Waals surface area (Å²) in [5.41, 5.74) is 1.19. The second-order valence-electron chi connectivity index (χ2n) is 6.43. The van der Waals surface area contributed by atoms with Crippen LogP contribution in [0.2, 0.25) is 0 Å². The van der Waals surface area contributed by atoms with E-state index < -0.39 is 0 Å². The number of hydrogen-bond donors (Lipinski definition) is 2. The Hall–Kier alpha value is -1.63. The number of nitrogens with zero attached hydrogens (tertiary/aromatic N) is 2. The summed E-state index contributed by atoms with van der Waals surface area (Å²) in [7, 11) is 1.79. The van der Waals surface area contributed by atoms with Gasteiger partial charge in [0, 0.05) is 38.8 Å². The molecule has 2 unspecified atom stereocenters. The van der Waals surface area contributed by atoms with E-state index in [-0.39, 0.29) is 0 Å². The van der Waals surface area contributed by atoms with E-state index in [1.54, 1.807) is 7.05 Å². The van der Waals surface area contributed by atoms with Crippen molar-refractivity contribution >= 4 is 5.96 Å². The molecule has 0 saturated carbocycles. The molecule has 0 amide bonds. The van der Waals surface area contributed by atoms with E-state index in [0.717, 1.165) is 38.8 Å². The van der Waals surface area contributed by atoms with Crippen LogP contribution in [0.4, 0.5) is 0 Å². The molecule has 1 aromatic carbocycles. The van der Waals surface area contributed by atoms with E-state index in [4.69, 9.17) is 9.47 Å². The molecule has 0 radical (unpaired) electrons. The Morgan fingerprint density at radius 3 is 2.88 bits per heavy atom. The van der Waals surface area contributed by atoms with Gasteiger partial charge in [-0.1, -0.05) is 30.3 Å². The summed E-state index contributed by atoms with van der Waals surface area (Å²) in [5, 5.41) is 6.69. The zero-order chi connectivity index (χ0) is 17.9. The third kappa shape index (κ3) is 7.02. The Morgan fingerprint density at radius 1 is 1.36 bits per heavy atom. The lowest BCUT2D eigenvalue weighted by Crippen LogP contribution is -2.53. The Balaban J connectivity index is 1.60. The van der Waals surface area contributed by atoms with Crippen molar-refractivity contribution in [2.24, 2.45) is 4.99 Å². The van der Waals surface area contributed by atoms with Crippen LogP contribution in [-0.4, -0.2) is 69.4 Å². The number of benzene rings is 1. The molecule has 0 aromatic heterocycles. The first-order valence-electron chi connectivity index (χ1n) is 9.10. The van der Waals surface area contributed by atoms with Crippen molar-refractivity contribution in [3.63, 3.8) is 0 Å². The fraction of sp³-hybridized carbons (Fsp3) is 0.632. The highest BCUT2D eigenvalue weighted by molar-refractivity contribution is 5.79. The zero-order valence-electron chi connectivity index (χ0n) is 15.7. The topological polar surface area (TPSA) is 58.1 Å². The lowest BCUT2D eigenvalue weighted by Gasteiger charge is -2.38. The molecular formula is C19H32N4O2. The molecule has 1 fully saturated rings. The second-order valence-corrected chi connectivity index (χ2v) is 6.43. The van der Waals surface area contributed by atoms with Gasteiger partial charge >= 0.3 is 0 Å². The maximum Gasteiger partial charge on any atom is 0.191 e. The minimum Gasteiger partial charge on any atom is -0.379 e. The molecule has 1 heterocycles. The quantitative estimate of drug-likeness (QED) is 0.423. The average Bonchev–Trinajstić information content (AvgIpc) is 2.65. The van der Waals surface area contributed by atoms with Crippen LogP contribution in [0, 0.1) is 0 Å². The highest BCUT2D eigenvalue weighted by Gasteiger charge is 2.23. The molecule has 2 atom stereocenters. The van der Waals surface area contributed by atoms with Crippen LogP contribution in [0.5, 0.6) is 0 Å². The van der Waals surface area contributed by atoms with E-state index >= 15 is 0 Å². The summed E-state index contributed by atoms with van der Waals surface area (Å²) in [5.74, 6) is 0.816. The van der Waals surface area contributed by atoms with Gasteiger partial charge in [0.25, 0.3) is 0 Å². The Kier molecular flexibility index (Phi) is 8.72. The van der Waals surface area contributed by atoms with E-state index in [0.29, 0.717) is 25.3 Å². The zero-order valence-corrected chi connectivity index (χ0v) is 15.7. The molecule has 25 heavy (non-hydrogen) atoms. The number of aliphatic imine (C=N–C) groups is 1. The number of ether oxygens (including phenoxy) is 2. The van der Waals surface area contributed by atoms with Gasteiger partial charge in [0.2, 0.25) is 0 Å². The fourth-order valence-electron chi connectivity index (χ4n) is 2.98. The third-order valence-corrected chi connectivity index (χ3v) is 4.42. The molecule has 0 aliphatic carbocycles. The predicted molar refractivity (Wildman–Crippen MR) is 102 cm³/mol. The fourth-order valence-corrected chi connectivity index (χ4v) is 2.98. The maximum absolute atomic E-state index is 5.68. The highest BCUT2D eigenvalue weighted by atomic mass is 16.5. The van der Waals surface area contributed by atoms with Crippen LogP contribution in [0.15, 0.2) is 35.3 Å². The van der Waals surface area contributed by atoms with E-state index in [1.165, 1.54) is 5.56 Å². The van der Waals surface area contributed by atoms with Gasteiger partial charge in [0.05, 0.1) is 26.4 Å².